The summed E-state index contributed by atoms with van der Waals surface area (Å²) in [7, 11) is 0. The molecule has 0 fully saturated rings. The van der Waals surface area contributed by atoms with Crippen LogP contribution in [0.1, 0.15) is 13.8 Å². The lowest BCUT2D eigenvalue weighted by molar-refractivity contribution is -0.143. The van der Waals surface area contributed by atoms with E-state index in [-0.39, 0.29) is 5.97 Å². The molecular weight excluding hydrogens is 234 g/mol. The maximum atomic E-state index is 11.5. The predicted molar refractivity (Wildman–Crippen MR) is 67.1 cm³/mol. The molecule has 2 heterocycles. The number of nitrogens with one attached hydrogen (secondary N) is 1. The van der Waals surface area contributed by atoms with E-state index in [4.69, 9.17) is 10.5 Å². The smallest absolute Gasteiger partial charge is 0.328 e. The van der Waals surface area contributed by atoms with Gasteiger partial charge in [-0.25, -0.2) is 14.8 Å². The summed E-state index contributed by atoms with van der Waals surface area (Å²) in [5.74, 6) is 0.464. The van der Waals surface area contributed by atoms with Gasteiger partial charge in [-0.1, -0.05) is 0 Å². The summed E-state index contributed by atoms with van der Waals surface area (Å²) in [5.41, 5.74) is 6.29. The van der Waals surface area contributed by atoms with Gasteiger partial charge in [-0.2, -0.15) is 0 Å². The van der Waals surface area contributed by atoms with Gasteiger partial charge in [0.25, 0.3) is 0 Å². The van der Waals surface area contributed by atoms with E-state index in [2.05, 4.69) is 15.3 Å². The molecule has 0 aliphatic rings. The van der Waals surface area contributed by atoms with E-state index in [0.29, 0.717) is 23.9 Å². The van der Waals surface area contributed by atoms with Crippen molar-refractivity contribution >= 4 is 23.3 Å². The lowest BCUT2D eigenvalue weighted by atomic mass is 10.3. The molecule has 3 N–H and O–H groups in total. The number of rotatable bonds is 4. The van der Waals surface area contributed by atoms with E-state index < -0.39 is 6.04 Å². The molecule has 0 aromatic carbocycles. The molecule has 7 nitrogen and oxygen atoms in total. The lowest BCUT2D eigenvalue weighted by Gasteiger charge is -2.13. The fourth-order valence-corrected chi connectivity index (χ4v) is 1.58. The van der Waals surface area contributed by atoms with Crippen molar-refractivity contribution in [3.8, 4) is 0 Å². The highest BCUT2D eigenvalue weighted by molar-refractivity contribution is 5.80. The molecule has 2 rings (SSSR count). The van der Waals surface area contributed by atoms with E-state index >= 15 is 0 Å². The molecule has 7 heteroatoms. The standard InChI is InChI=1S/C11H15N5O2/c1-3-18-11(17)7(2)14-9-10-13-4-5-16(10)6-8(12)15-9/h4-7H,3,12H2,1-2H3,(H,14,15). The van der Waals surface area contributed by atoms with Crippen molar-refractivity contribution in [1.29, 1.82) is 0 Å². The maximum absolute atomic E-state index is 11.5. The number of imidazole rings is 1. The Morgan fingerprint density at radius 2 is 2.44 bits per heavy atom. The number of ether oxygens (including phenoxy) is 1. The fourth-order valence-electron chi connectivity index (χ4n) is 1.58. The molecule has 0 radical (unpaired) electrons. The third kappa shape index (κ3) is 2.34. The molecule has 96 valence electrons. The van der Waals surface area contributed by atoms with Gasteiger partial charge in [0.2, 0.25) is 0 Å². The Bertz CT molecular complexity index is 566. The minimum atomic E-state index is -0.514. The van der Waals surface area contributed by atoms with Gasteiger partial charge in [-0.05, 0) is 13.8 Å². The van der Waals surface area contributed by atoms with Crippen molar-refractivity contribution in [2.75, 3.05) is 17.7 Å². The van der Waals surface area contributed by atoms with Gasteiger partial charge in [0.15, 0.2) is 11.5 Å². The number of anilines is 2. The quantitative estimate of drug-likeness (QED) is 0.773. The molecule has 0 aliphatic heterocycles. The van der Waals surface area contributed by atoms with Crippen LogP contribution in [0, 0.1) is 0 Å². The summed E-state index contributed by atoms with van der Waals surface area (Å²) in [6.07, 6.45) is 5.05. The summed E-state index contributed by atoms with van der Waals surface area (Å²) < 4.78 is 6.65. The van der Waals surface area contributed by atoms with Crippen LogP contribution in [0.3, 0.4) is 0 Å². The van der Waals surface area contributed by atoms with Gasteiger partial charge in [0, 0.05) is 12.4 Å². The molecular formula is C11H15N5O2. The van der Waals surface area contributed by atoms with Crippen LogP contribution in [-0.4, -0.2) is 33.0 Å². The Morgan fingerprint density at radius 3 is 3.17 bits per heavy atom. The Balaban J connectivity index is 2.25. The summed E-state index contributed by atoms with van der Waals surface area (Å²) in [5, 5.41) is 2.95. The maximum Gasteiger partial charge on any atom is 0.328 e. The largest absolute Gasteiger partial charge is 0.464 e. The number of carbonyl (C=O) groups is 1. The van der Waals surface area contributed by atoms with Crippen LogP contribution in [0.2, 0.25) is 0 Å². The zero-order chi connectivity index (χ0) is 13.1. The predicted octanol–water partition coefficient (Wildman–Crippen LogP) is 0.675. The number of nitrogens with two attached hydrogens (primary N) is 1. The van der Waals surface area contributed by atoms with Gasteiger partial charge < -0.3 is 20.2 Å². The molecule has 2 aromatic heterocycles. The first-order chi connectivity index (χ1) is 8.61. The summed E-state index contributed by atoms with van der Waals surface area (Å²) in [4.78, 5) is 19.8. The van der Waals surface area contributed by atoms with Gasteiger partial charge in [0.1, 0.15) is 11.9 Å². The van der Waals surface area contributed by atoms with Crippen molar-refractivity contribution in [2.45, 2.75) is 19.9 Å². The van der Waals surface area contributed by atoms with Crippen LogP contribution in [0.25, 0.3) is 5.65 Å². The molecule has 0 amide bonds. The molecule has 1 atom stereocenters. The second-order valence-corrected chi connectivity index (χ2v) is 3.79. The first kappa shape index (κ1) is 12.2. The Morgan fingerprint density at radius 1 is 1.67 bits per heavy atom. The van der Waals surface area contributed by atoms with Crippen LogP contribution in [0.4, 0.5) is 11.6 Å². The number of carbonyl (C=O) groups excluding carboxylic acids is 1. The van der Waals surface area contributed by atoms with Gasteiger partial charge in [0.05, 0.1) is 12.8 Å². The minimum Gasteiger partial charge on any atom is -0.464 e. The molecule has 2 aromatic rings. The molecule has 1 unspecified atom stereocenters. The summed E-state index contributed by atoms with van der Waals surface area (Å²) >= 11 is 0. The Labute approximate surface area is 104 Å². The number of nitrogens with zero attached hydrogens (tertiary/aromatic N) is 3. The molecule has 0 spiro atoms. The van der Waals surface area contributed by atoms with Crippen LogP contribution in [0.5, 0.6) is 0 Å². The van der Waals surface area contributed by atoms with Crippen molar-refractivity contribution < 1.29 is 9.53 Å². The first-order valence-corrected chi connectivity index (χ1v) is 5.64. The van der Waals surface area contributed by atoms with Gasteiger partial charge in [-0.3, -0.25) is 0 Å². The number of hydrogen-bond acceptors (Lipinski definition) is 6. The van der Waals surface area contributed by atoms with E-state index in [9.17, 15) is 4.79 Å². The molecule has 0 aliphatic carbocycles. The van der Waals surface area contributed by atoms with Crippen LogP contribution < -0.4 is 11.1 Å². The van der Waals surface area contributed by atoms with Gasteiger partial charge in [-0.15, -0.1) is 0 Å². The van der Waals surface area contributed by atoms with Crippen molar-refractivity contribution in [1.82, 2.24) is 14.4 Å². The third-order valence-corrected chi connectivity index (χ3v) is 2.39. The van der Waals surface area contributed by atoms with Crippen molar-refractivity contribution in [2.24, 2.45) is 0 Å². The average molecular weight is 249 g/mol. The fraction of sp³-hybridized carbons (Fsp3) is 0.364. The van der Waals surface area contributed by atoms with Crippen LogP contribution in [-0.2, 0) is 9.53 Å². The number of aromatic nitrogens is 3. The number of fused-ring (bicyclic) bond motifs is 1. The molecule has 0 saturated heterocycles. The monoisotopic (exact) mass is 249 g/mol. The highest BCUT2D eigenvalue weighted by Crippen LogP contribution is 2.15. The topological polar surface area (TPSA) is 94.5 Å². The summed E-state index contributed by atoms with van der Waals surface area (Å²) in [6, 6.07) is -0.514. The van der Waals surface area contributed by atoms with E-state index in [1.165, 1.54) is 0 Å². The third-order valence-electron chi connectivity index (χ3n) is 2.39. The van der Waals surface area contributed by atoms with Crippen LogP contribution >= 0.6 is 0 Å². The number of nitrogen functional groups attached to an aromatic ring is 1. The SMILES string of the molecule is CCOC(=O)C(C)Nc1nc(N)cn2ccnc12. The average Bonchev–Trinajstić information content (AvgIpc) is 2.77. The highest BCUT2D eigenvalue weighted by atomic mass is 16.5. The first-order valence-electron chi connectivity index (χ1n) is 5.64. The lowest BCUT2D eigenvalue weighted by Crippen LogP contribution is -2.29. The van der Waals surface area contributed by atoms with Crippen LogP contribution in [0.15, 0.2) is 18.6 Å². The van der Waals surface area contributed by atoms with E-state index in [1.807, 2.05) is 0 Å². The van der Waals surface area contributed by atoms with Crippen molar-refractivity contribution in [3.63, 3.8) is 0 Å². The zero-order valence-corrected chi connectivity index (χ0v) is 10.3. The van der Waals surface area contributed by atoms with E-state index in [0.717, 1.165) is 0 Å². The van der Waals surface area contributed by atoms with Gasteiger partial charge >= 0.3 is 5.97 Å². The second-order valence-electron chi connectivity index (χ2n) is 3.79. The molecule has 0 saturated carbocycles. The van der Waals surface area contributed by atoms with Crippen molar-refractivity contribution in [3.05, 3.63) is 18.6 Å². The highest BCUT2D eigenvalue weighted by Gasteiger charge is 2.16. The zero-order valence-electron chi connectivity index (χ0n) is 10.3. The molecule has 0 bridgehead atoms. The second kappa shape index (κ2) is 4.91. The summed E-state index contributed by atoms with van der Waals surface area (Å²) in [6.45, 7) is 3.80. The normalized spacial score (nSPS) is 12.3. The Hall–Kier alpha value is -2.31. The minimum absolute atomic E-state index is 0.341. The van der Waals surface area contributed by atoms with E-state index in [1.54, 1.807) is 36.8 Å². The Kier molecular flexibility index (Phi) is 3.31. The number of hydrogen-bond donors (Lipinski definition) is 2. The molecule has 18 heavy (non-hydrogen) atoms. The number of esters is 1.